The fourth-order valence-corrected chi connectivity index (χ4v) is 3.06. The summed E-state index contributed by atoms with van der Waals surface area (Å²) in [5.74, 6) is 0.489. The number of rotatable bonds is 4. The van der Waals surface area contributed by atoms with E-state index in [1.807, 2.05) is 17.0 Å². The second-order valence-corrected chi connectivity index (χ2v) is 5.65. The van der Waals surface area contributed by atoms with Gasteiger partial charge in [-0.25, -0.2) is 9.97 Å². The van der Waals surface area contributed by atoms with E-state index in [0.29, 0.717) is 5.91 Å². The van der Waals surface area contributed by atoms with Crippen LogP contribution < -0.4 is 0 Å². The molecule has 0 N–H and O–H groups in total. The minimum absolute atomic E-state index is 0.167. The van der Waals surface area contributed by atoms with Crippen LogP contribution in [0.4, 0.5) is 0 Å². The van der Waals surface area contributed by atoms with E-state index in [4.69, 9.17) is 0 Å². The maximum absolute atomic E-state index is 12.3. The number of aryl methyl sites for hydroxylation is 1. The molecule has 1 aliphatic heterocycles. The molecule has 0 aromatic carbocycles. The summed E-state index contributed by atoms with van der Waals surface area (Å²) in [5.41, 5.74) is 1.82. The standard InChI is InChI=1S/C17H21N3O/c1-2-20-12-4-6-14(17(20)21)8-10-15-9-7-13-5-3-11-18-16(13)19-15/h3,5,7,9,11,14H,2,4,6,8,10,12H2,1H3. The zero-order chi connectivity index (χ0) is 14.7. The molecule has 0 radical (unpaired) electrons. The first-order chi connectivity index (χ1) is 10.3. The summed E-state index contributed by atoms with van der Waals surface area (Å²) in [6.07, 6.45) is 5.64. The Hall–Kier alpha value is -1.97. The van der Waals surface area contributed by atoms with Crippen LogP contribution in [-0.2, 0) is 11.2 Å². The van der Waals surface area contributed by atoms with Gasteiger partial charge in [0.2, 0.25) is 5.91 Å². The van der Waals surface area contributed by atoms with Crippen LogP contribution in [0.25, 0.3) is 11.0 Å². The first kappa shape index (κ1) is 14.0. The average Bonchev–Trinajstić information content (AvgIpc) is 2.54. The summed E-state index contributed by atoms with van der Waals surface area (Å²) in [6, 6.07) is 8.05. The van der Waals surface area contributed by atoms with Crippen LogP contribution in [0, 0.1) is 5.92 Å². The van der Waals surface area contributed by atoms with Crippen LogP contribution in [-0.4, -0.2) is 33.9 Å². The molecule has 2 aromatic heterocycles. The van der Waals surface area contributed by atoms with E-state index in [2.05, 4.69) is 29.0 Å². The van der Waals surface area contributed by atoms with E-state index in [-0.39, 0.29) is 5.92 Å². The predicted octanol–water partition coefficient (Wildman–Crippen LogP) is 2.82. The number of hydrogen-bond donors (Lipinski definition) is 0. The smallest absolute Gasteiger partial charge is 0.225 e. The summed E-state index contributed by atoms with van der Waals surface area (Å²) in [6.45, 7) is 3.80. The summed E-state index contributed by atoms with van der Waals surface area (Å²) < 4.78 is 0. The number of carbonyl (C=O) groups excluding carboxylic acids is 1. The van der Waals surface area contributed by atoms with Crippen molar-refractivity contribution in [2.24, 2.45) is 5.92 Å². The van der Waals surface area contributed by atoms with Gasteiger partial charge in [0.25, 0.3) is 0 Å². The fraction of sp³-hybridized carbons (Fsp3) is 0.471. The van der Waals surface area contributed by atoms with Gasteiger partial charge in [0.05, 0.1) is 0 Å². The molecule has 3 rings (SSSR count). The predicted molar refractivity (Wildman–Crippen MR) is 82.8 cm³/mol. The SMILES string of the molecule is CCN1CCCC(CCc2ccc3cccnc3n2)C1=O. The molecule has 1 atom stereocenters. The maximum Gasteiger partial charge on any atom is 0.225 e. The molecule has 0 spiro atoms. The topological polar surface area (TPSA) is 46.1 Å². The summed E-state index contributed by atoms with van der Waals surface area (Å²) in [5, 5.41) is 1.06. The van der Waals surface area contributed by atoms with Crippen molar-refractivity contribution in [3.8, 4) is 0 Å². The highest BCUT2D eigenvalue weighted by atomic mass is 16.2. The molecule has 0 bridgehead atoms. The molecule has 0 aliphatic carbocycles. The third-order valence-electron chi connectivity index (χ3n) is 4.29. The van der Waals surface area contributed by atoms with Crippen LogP contribution in [0.2, 0.25) is 0 Å². The molecule has 1 aliphatic rings. The molecule has 0 saturated carbocycles. The molecule has 3 heterocycles. The Morgan fingerprint density at radius 1 is 1.33 bits per heavy atom. The number of pyridine rings is 2. The lowest BCUT2D eigenvalue weighted by molar-refractivity contribution is -0.138. The number of likely N-dealkylation sites (tertiary alicyclic amines) is 1. The zero-order valence-electron chi connectivity index (χ0n) is 12.5. The van der Waals surface area contributed by atoms with Crippen molar-refractivity contribution in [3.63, 3.8) is 0 Å². The minimum atomic E-state index is 0.167. The Balaban J connectivity index is 1.67. The highest BCUT2D eigenvalue weighted by Gasteiger charge is 2.27. The Bertz CT molecular complexity index is 641. The second kappa shape index (κ2) is 6.20. The maximum atomic E-state index is 12.3. The van der Waals surface area contributed by atoms with Crippen LogP contribution in [0.5, 0.6) is 0 Å². The Morgan fingerprint density at radius 3 is 3.10 bits per heavy atom. The van der Waals surface area contributed by atoms with E-state index >= 15 is 0 Å². The van der Waals surface area contributed by atoms with Gasteiger partial charge in [-0.3, -0.25) is 4.79 Å². The Kier molecular flexibility index (Phi) is 4.13. The van der Waals surface area contributed by atoms with E-state index in [9.17, 15) is 4.79 Å². The van der Waals surface area contributed by atoms with Crippen LogP contribution in [0.15, 0.2) is 30.5 Å². The number of hydrogen-bond acceptors (Lipinski definition) is 3. The molecule has 1 unspecified atom stereocenters. The lowest BCUT2D eigenvalue weighted by atomic mass is 9.91. The lowest BCUT2D eigenvalue weighted by Gasteiger charge is -2.31. The van der Waals surface area contributed by atoms with Crippen molar-refractivity contribution in [2.45, 2.75) is 32.6 Å². The third-order valence-corrected chi connectivity index (χ3v) is 4.29. The first-order valence-electron chi connectivity index (χ1n) is 7.77. The van der Waals surface area contributed by atoms with Gasteiger partial charge in [-0.1, -0.05) is 0 Å². The van der Waals surface area contributed by atoms with E-state index in [0.717, 1.165) is 55.5 Å². The lowest BCUT2D eigenvalue weighted by Crippen LogP contribution is -2.41. The quantitative estimate of drug-likeness (QED) is 0.866. The summed E-state index contributed by atoms with van der Waals surface area (Å²) >= 11 is 0. The molecule has 4 nitrogen and oxygen atoms in total. The molecule has 4 heteroatoms. The molecule has 110 valence electrons. The summed E-state index contributed by atoms with van der Waals surface area (Å²) in [4.78, 5) is 23.1. The van der Waals surface area contributed by atoms with Gasteiger partial charge >= 0.3 is 0 Å². The number of nitrogens with zero attached hydrogens (tertiary/aromatic N) is 3. The highest BCUT2D eigenvalue weighted by molar-refractivity contribution is 5.79. The third kappa shape index (κ3) is 3.04. The Labute approximate surface area is 125 Å². The van der Waals surface area contributed by atoms with Crippen molar-refractivity contribution >= 4 is 16.9 Å². The molecule has 1 fully saturated rings. The van der Waals surface area contributed by atoms with Crippen molar-refractivity contribution in [2.75, 3.05) is 13.1 Å². The van der Waals surface area contributed by atoms with Crippen molar-refractivity contribution in [3.05, 3.63) is 36.2 Å². The summed E-state index contributed by atoms with van der Waals surface area (Å²) in [7, 11) is 0. The van der Waals surface area contributed by atoms with Crippen LogP contribution in [0.1, 0.15) is 31.9 Å². The van der Waals surface area contributed by atoms with Gasteiger partial charge in [-0.15, -0.1) is 0 Å². The molecule has 2 aromatic rings. The van der Waals surface area contributed by atoms with Gasteiger partial charge in [-0.2, -0.15) is 0 Å². The van der Waals surface area contributed by atoms with Gasteiger partial charge in [-0.05, 0) is 56.9 Å². The second-order valence-electron chi connectivity index (χ2n) is 5.65. The van der Waals surface area contributed by atoms with Gasteiger partial charge in [0.15, 0.2) is 5.65 Å². The molecular weight excluding hydrogens is 262 g/mol. The van der Waals surface area contributed by atoms with Gasteiger partial charge in [0, 0.05) is 36.3 Å². The average molecular weight is 283 g/mol. The van der Waals surface area contributed by atoms with Gasteiger partial charge < -0.3 is 4.90 Å². The van der Waals surface area contributed by atoms with E-state index < -0.39 is 0 Å². The van der Waals surface area contributed by atoms with E-state index in [1.165, 1.54) is 0 Å². The number of amides is 1. The Morgan fingerprint density at radius 2 is 2.24 bits per heavy atom. The number of piperidine rings is 1. The van der Waals surface area contributed by atoms with Gasteiger partial charge in [0.1, 0.15) is 0 Å². The van der Waals surface area contributed by atoms with Crippen molar-refractivity contribution in [1.82, 2.24) is 14.9 Å². The minimum Gasteiger partial charge on any atom is -0.343 e. The van der Waals surface area contributed by atoms with E-state index in [1.54, 1.807) is 6.20 Å². The molecular formula is C17H21N3O. The zero-order valence-corrected chi connectivity index (χ0v) is 12.5. The number of carbonyl (C=O) groups is 1. The highest BCUT2D eigenvalue weighted by Crippen LogP contribution is 2.22. The molecule has 1 amide bonds. The van der Waals surface area contributed by atoms with Crippen molar-refractivity contribution < 1.29 is 4.79 Å². The number of fused-ring (bicyclic) bond motifs is 1. The van der Waals surface area contributed by atoms with Crippen molar-refractivity contribution in [1.29, 1.82) is 0 Å². The first-order valence-corrected chi connectivity index (χ1v) is 7.77. The van der Waals surface area contributed by atoms with Crippen LogP contribution in [0.3, 0.4) is 0 Å². The monoisotopic (exact) mass is 283 g/mol. The molecule has 1 saturated heterocycles. The van der Waals surface area contributed by atoms with Crippen LogP contribution >= 0.6 is 0 Å². The normalized spacial score (nSPS) is 19.2. The fourth-order valence-electron chi connectivity index (χ4n) is 3.06. The largest absolute Gasteiger partial charge is 0.343 e. The number of aromatic nitrogens is 2. The molecule has 21 heavy (non-hydrogen) atoms.